The van der Waals surface area contributed by atoms with Crippen molar-refractivity contribution in [2.24, 2.45) is 0 Å². The molecule has 27 heteroatoms. The summed E-state index contributed by atoms with van der Waals surface area (Å²) in [6.45, 7) is 9.48. The van der Waals surface area contributed by atoms with Crippen molar-refractivity contribution in [1.82, 2.24) is 59.9 Å². The Morgan fingerprint density at radius 1 is 0.364 bits per heavy atom. The summed E-state index contributed by atoms with van der Waals surface area (Å²) in [6.07, 6.45) is 26.2. The second kappa shape index (κ2) is 25.6. The monoisotopic (exact) mass is 1080 g/mol. The summed E-state index contributed by atoms with van der Waals surface area (Å²) in [5, 5.41) is 24.8. The molecule has 0 aliphatic heterocycles. The minimum atomic E-state index is -10.7. The zero-order valence-electron chi connectivity index (χ0n) is 36.4. The number of pyridine rings is 3. The molecule has 0 unspecified atom stereocenters. The van der Waals surface area contributed by atoms with Crippen molar-refractivity contribution in [1.29, 1.82) is 0 Å². The van der Waals surface area contributed by atoms with Crippen LogP contribution in [0.1, 0.15) is 97.8 Å². The van der Waals surface area contributed by atoms with Gasteiger partial charge in [-0.25, -0.2) is 0 Å². The van der Waals surface area contributed by atoms with E-state index in [2.05, 4.69) is 66.7 Å². The fourth-order valence-electron chi connectivity index (χ4n) is 5.22. The average molecular weight is 1080 g/mol. The summed E-state index contributed by atoms with van der Waals surface area (Å²) in [4.78, 5) is 12.8. The van der Waals surface area contributed by atoms with E-state index in [1.807, 2.05) is 87.2 Å². The van der Waals surface area contributed by atoms with Crippen LogP contribution in [0.3, 0.4) is 0 Å². The molecule has 66 heavy (non-hydrogen) atoms. The Morgan fingerprint density at radius 2 is 0.606 bits per heavy atom. The molecule has 372 valence electrons. The largest absolute Gasteiger partial charge is 2.00 e. The van der Waals surface area contributed by atoms with Crippen LogP contribution >= 0.6 is 15.6 Å². The third-order valence-electron chi connectivity index (χ3n) is 8.12. The number of hydrogen-bond acceptors (Lipinski definition) is 9. The Balaban J connectivity index is 0.000000431. The summed E-state index contributed by atoms with van der Waals surface area (Å²) >= 11 is 0. The Bertz CT molecular complexity index is 1940. The van der Waals surface area contributed by atoms with Gasteiger partial charge in [-0.1, -0.05) is 112 Å². The van der Waals surface area contributed by atoms with Crippen molar-refractivity contribution in [2.45, 2.75) is 117 Å². The van der Waals surface area contributed by atoms with Crippen LogP contribution in [0.25, 0.3) is 34.2 Å². The fraction of sp³-hybridized carbons (Fsp3) is 0.462. The molecular formula is C39H54F12N12P2Ru. The molecule has 0 spiro atoms. The SMILES string of the molecule is CCCCCCn1cc(-c2ccccn2)nn1.CCCCCCn1cc(-c2ccccn2)nn1.CCCCCCn1cc(-c2ccccn2)nn1.F[P-](F)(F)(F)(F)F.F[P-](F)(F)(F)(F)F.[Ru+2]. The molecule has 12 nitrogen and oxygen atoms in total. The number of unbranched alkanes of at least 4 members (excludes halogenated alkanes) is 9. The summed E-state index contributed by atoms with van der Waals surface area (Å²) in [5.74, 6) is 0. The molecule has 6 heterocycles. The van der Waals surface area contributed by atoms with Gasteiger partial charge in [0.05, 0.1) is 35.7 Å². The number of nitrogens with zero attached hydrogens (tertiary/aromatic N) is 12. The van der Waals surface area contributed by atoms with E-state index >= 15 is 0 Å². The van der Waals surface area contributed by atoms with E-state index in [-0.39, 0.29) is 19.5 Å². The molecule has 0 atom stereocenters. The van der Waals surface area contributed by atoms with E-state index in [4.69, 9.17) is 0 Å². The number of halogens is 12. The number of aromatic nitrogens is 12. The van der Waals surface area contributed by atoms with Gasteiger partial charge in [0.15, 0.2) is 0 Å². The van der Waals surface area contributed by atoms with Crippen LogP contribution < -0.4 is 0 Å². The van der Waals surface area contributed by atoms with Gasteiger partial charge >= 0.3 is 85.5 Å². The number of aryl methyl sites for hydroxylation is 3. The van der Waals surface area contributed by atoms with Gasteiger partial charge in [-0.05, 0) is 55.7 Å². The van der Waals surface area contributed by atoms with Gasteiger partial charge in [0.1, 0.15) is 17.1 Å². The van der Waals surface area contributed by atoms with Crippen LogP contribution in [0.15, 0.2) is 91.8 Å². The molecule has 0 N–H and O–H groups in total. The predicted molar refractivity (Wildman–Crippen MR) is 229 cm³/mol. The first-order chi connectivity index (χ1) is 30.1. The Morgan fingerprint density at radius 3 is 0.803 bits per heavy atom. The minimum absolute atomic E-state index is 0. The first-order valence-electron chi connectivity index (χ1n) is 20.7. The maximum atomic E-state index is 9.87. The Kier molecular flexibility index (Phi) is 23.1. The van der Waals surface area contributed by atoms with E-state index in [0.717, 1.165) is 53.8 Å². The topological polar surface area (TPSA) is 131 Å². The van der Waals surface area contributed by atoms with Crippen LogP contribution in [-0.4, -0.2) is 59.9 Å². The molecule has 6 aromatic heterocycles. The molecular weight excluding hydrogens is 1030 g/mol. The van der Waals surface area contributed by atoms with Crippen molar-refractivity contribution in [2.75, 3.05) is 0 Å². The van der Waals surface area contributed by atoms with Crippen molar-refractivity contribution in [3.05, 3.63) is 91.8 Å². The van der Waals surface area contributed by atoms with E-state index < -0.39 is 15.6 Å². The molecule has 6 aromatic rings. The zero-order valence-corrected chi connectivity index (χ0v) is 39.9. The van der Waals surface area contributed by atoms with Crippen LogP contribution in [0.5, 0.6) is 0 Å². The van der Waals surface area contributed by atoms with Crippen LogP contribution in [0.4, 0.5) is 50.4 Å². The zero-order chi connectivity index (χ0) is 48.6. The molecule has 0 amide bonds. The summed E-state index contributed by atoms with van der Waals surface area (Å²) in [5.41, 5.74) is 5.19. The van der Waals surface area contributed by atoms with Gasteiger partial charge in [0.25, 0.3) is 0 Å². The normalized spacial score (nSPS) is 13.1. The Labute approximate surface area is 387 Å². The molecule has 0 radical (unpaired) electrons. The van der Waals surface area contributed by atoms with Gasteiger partial charge in [-0.2, -0.15) is 0 Å². The number of rotatable bonds is 18. The molecule has 6 rings (SSSR count). The molecule has 0 aromatic carbocycles. The van der Waals surface area contributed by atoms with Gasteiger partial charge in [-0.3, -0.25) is 29.0 Å². The summed E-state index contributed by atoms with van der Waals surface area (Å²) in [7, 11) is -21.3. The average Bonchev–Trinajstić information content (AvgIpc) is 4.02. The first kappa shape index (κ1) is 59.5. The van der Waals surface area contributed by atoms with Crippen LogP contribution in [-0.2, 0) is 39.1 Å². The van der Waals surface area contributed by atoms with Crippen molar-refractivity contribution in [3.8, 4) is 34.2 Å². The second-order valence-corrected chi connectivity index (χ2v) is 18.2. The summed E-state index contributed by atoms with van der Waals surface area (Å²) in [6, 6.07) is 17.4. The first-order valence-corrected chi connectivity index (χ1v) is 24.7. The molecule has 0 fully saturated rings. The van der Waals surface area contributed by atoms with Crippen LogP contribution in [0.2, 0.25) is 0 Å². The molecule has 0 bridgehead atoms. The smallest absolute Gasteiger partial charge is 2.00 e. The molecule has 0 saturated heterocycles. The molecule has 0 saturated carbocycles. The Hall–Kier alpha value is -4.49. The van der Waals surface area contributed by atoms with Crippen LogP contribution in [0, 0.1) is 0 Å². The van der Waals surface area contributed by atoms with Gasteiger partial charge in [-0.15, -0.1) is 15.3 Å². The standard InChI is InChI=1S/3C13H18N4.2F6P.Ru/c3*1-2-3-4-7-10-17-11-13(15-16-17)12-8-5-6-9-14-12;2*1-7(2,3,4,5)6;/h3*5-6,8-9,11H,2-4,7,10H2,1H3;;;/q;;;2*-1;+2. The van der Waals surface area contributed by atoms with E-state index in [1.165, 1.54) is 77.0 Å². The van der Waals surface area contributed by atoms with Crippen molar-refractivity contribution < 1.29 is 69.8 Å². The van der Waals surface area contributed by atoms with E-state index in [0.29, 0.717) is 0 Å². The third kappa shape index (κ3) is 34.8. The fourth-order valence-corrected chi connectivity index (χ4v) is 5.22. The summed E-state index contributed by atoms with van der Waals surface area (Å²) < 4.78 is 124. The maximum absolute atomic E-state index is 10.7. The maximum Gasteiger partial charge on any atom is 2.00 e. The quantitative estimate of drug-likeness (QED) is 0.0357. The van der Waals surface area contributed by atoms with Gasteiger partial charge in [0, 0.05) is 38.2 Å². The van der Waals surface area contributed by atoms with E-state index in [9.17, 15) is 50.4 Å². The van der Waals surface area contributed by atoms with Gasteiger partial charge in [0.2, 0.25) is 0 Å². The number of hydrogen-bond donors (Lipinski definition) is 0. The second-order valence-electron chi connectivity index (χ2n) is 14.3. The van der Waals surface area contributed by atoms with Gasteiger partial charge < -0.3 is 0 Å². The molecule has 0 aliphatic rings. The predicted octanol–water partition coefficient (Wildman–Crippen LogP) is 15.5. The van der Waals surface area contributed by atoms with Crippen molar-refractivity contribution >= 4 is 15.6 Å². The third-order valence-corrected chi connectivity index (χ3v) is 8.12. The minimum Gasteiger partial charge on any atom is 2.00 e. The molecule has 0 aliphatic carbocycles. The van der Waals surface area contributed by atoms with Crippen molar-refractivity contribution in [3.63, 3.8) is 0 Å². The van der Waals surface area contributed by atoms with E-state index in [1.54, 1.807) is 18.6 Å².